The molecule has 0 aliphatic rings. The van der Waals surface area contributed by atoms with Gasteiger partial charge in [-0.3, -0.25) is 0 Å². The van der Waals surface area contributed by atoms with E-state index in [1.54, 1.807) is 48.5 Å². The van der Waals surface area contributed by atoms with Crippen molar-refractivity contribution < 1.29 is 9.53 Å². The number of hydrogen-bond donors (Lipinski definition) is 1. The van der Waals surface area contributed by atoms with E-state index in [-0.39, 0.29) is 0 Å². The van der Waals surface area contributed by atoms with Gasteiger partial charge in [0.05, 0.1) is 15.6 Å². The summed E-state index contributed by atoms with van der Waals surface area (Å²) in [5, 5.41) is 0.991. The maximum absolute atomic E-state index is 12.2. The molecule has 3 aromatic rings. The predicted octanol–water partition coefficient (Wildman–Crippen LogP) is 5.46. The number of benzene rings is 3. The van der Waals surface area contributed by atoms with E-state index in [0.29, 0.717) is 27.0 Å². The van der Waals surface area contributed by atoms with Crippen LogP contribution in [0.3, 0.4) is 0 Å². The predicted molar refractivity (Wildman–Crippen MR) is 97.7 cm³/mol. The van der Waals surface area contributed by atoms with Crippen molar-refractivity contribution in [2.45, 2.75) is 0 Å². The molecule has 0 aromatic heterocycles. The Morgan fingerprint density at radius 2 is 1.42 bits per heavy atom. The standard InChI is InChI=1S/C19H13Cl2NO2/c20-17-10-5-14(11-18(17)21)12-1-3-13(4-2-12)19(23)24-16-8-6-15(22)7-9-16/h1-11H,22H2. The molecule has 0 spiro atoms. The average molecular weight is 358 g/mol. The number of halogens is 2. The summed E-state index contributed by atoms with van der Waals surface area (Å²) < 4.78 is 5.30. The molecule has 0 heterocycles. The van der Waals surface area contributed by atoms with Crippen molar-refractivity contribution >= 4 is 34.9 Å². The summed E-state index contributed by atoms with van der Waals surface area (Å²) in [6.07, 6.45) is 0. The molecule has 0 saturated carbocycles. The van der Waals surface area contributed by atoms with Crippen molar-refractivity contribution in [1.29, 1.82) is 0 Å². The third-order valence-electron chi connectivity index (χ3n) is 3.46. The lowest BCUT2D eigenvalue weighted by atomic mass is 10.0. The first kappa shape index (κ1) is 16.4. The minimum atomic E-state index is -0.430. The third-order valence-corrected chi connectivity index (χ3v) is 4.20. The van der Waals surface area contributed by atoms with Gasteiger partial charge in [-0.2, -0.15) is 0 Å². The molecule has 3 aromatic carbocycles. The van der Waals surface area contributed by atoms with Gasteiger partial charge in [0, 0.05) is 5.69 Å². The Kier molecular flexibility index (Phi) is 4.74. The number of ether oxygens (including phenoxy) is 1. The number of hydrogen-bond acceptors (Lipinski definition) is 3. The Morgan fingerprint density at radius 1 is 0.792 bits per heavy atom. The van der Waals surface area contributed by atoms with E-state index >= 15 is 0 Å². The molecule has 3 rings (SSSR count). The van der Waals surface area contributed by atoms with Crippen LogP contribution in [0.1, 0.15) is 10.4 Å². The van der Waals surface area contributed by atoms with Gasteiger partial charge in [-0.05, 0) is 59.7 Å². The highest BCUT2D eigenvalue weighted by Crippen LogP contribution is 2.28. The highest BCUT2D eigenvalue weighted by Gasteiger charge is 2.09. The van der Waals surface area contributed by atoms with Crippen molar-refractivity contribution in [3.8, 4) is 16.9 Å². The summed E-state index contributed by atoms with van der Waals surface area (Å²) in [6, 6.07) is 19.1. The number of rotatable bonds is 3. The number of esters is 1. The maximum atomic E-state index is 12.2. The molecule has 0 aliphatic heterocycles. The van der Waals surface area contributed by atoms with Crippen molar-refractivity contribution in [1.82, 2.24) is 0 Å². The lowest BCUT2D eigenvalue weighted by Crippen LogP contribution is -2.08. The zero-order valence-corrected chi connectivity index (χ0v) is 14.0. The summed E-state index contributed by atoms with van der Waals surface area (Å²) in [5.41, 5.74) is 8.52. The van der Waals surface area contributed by atoms with Crippen LogP contribution in [0.4, 0.5) is 5.69 Å². The number of nitrogen functional groups attached to an aromatic ring is 1. The second-order valence-corrected chi connectivity index (χ2v) is 5.98. The van der Waals surface area contributed by atoms with E-state index in [2.05, 4.69) is 0 Å². The number of nitrogens with two attached hydrogens (primary N) is 1. The molecule has 0 aliphatic carbocycles. The second kappa shape index (κ2) is 6.95. The van der Waals surface area contributed by atoms with Gasteiger partial charge in [-0.15, -0.1) is 0 Å². The molecule has 0 saturated heterocycles. The van der Waals surface area contributed by atoms with Crippen molar-refractivity contribution in [3.05, 3.63) is 82.3 Å². The Bertz CT molecular complexity index is 875. The van der Waals surface area contributed by atoms with Crippen LogP contribution in [0.5, 0.6) is 5.75 Å². The normalized spacial score (nSPS) is 10.4. The fourth-order valence-corrected chi connectivity index (χ4v) is 2.47. The second-order valence-electron chi connectivity index (χ2n) is 5.16. The highest BCUT2D eigenvalue weighted by atomic mass is 35.5. The van der Waals surface area contributed by atoms with E-state index in [0.717, 1.165) is 11.1 Å². The Labute approximate surface area is 149 Å². The van der Waals surface area contributed by atoms with Gasteiger partial charge in [0.2, 0.25) is 0 Å². The summed E-state index contributed by atoms with van der Waals surface area (Å²) >= 11 is 12.0. The summed E-state index contributed by atoms with van der Waals surface area (Å²) in [4.78, 5) is 12.2. The molecule has 2 N–H and O–H groups in total. The van der Waals surface area contributed by atoms with Crippen molar-refractivity contribution in [3.63, 3.8) is 0 Å². The van der Waals surface area contributed by atoms with Crippen molar-refractivity contribution in [2.75, 3.05) is 5.73 Å². The molecular formula is C19H13Cl2NO2. The van der Waals surface area contributed by atoms with Gasteiger partial charge in [0.25, 0.3) is 0 Å². The van der Waals surface area contributed by atoms with Crippen LogP contribution in [-0.4, -0.2) is 5.97 Å². The van der Waals surface area contributed by atoms with Crippen LogP contribution in [0.2, 0.25) is 10.0 Å². The summed E-state index contributed by atoms with van der Waals surface area (Å²) in [5.74, 6) is 0.0169. The maximum Gasteiger partial charge on any atom is 0.343 e. The van der Waals surface area contributed by atoms with E-state index in [9.17, 15) is 4.79 Å². The van der Waals surface area contributed by atoms with Gasteiger partial charge in [-0.1, -0.05) is 41.4 Å². The monoisotopic (exact) mass is 357 g/mol. The molecule has 0 bridgehead atoms. The average Bonchev–Trinajstić information content (AvgIpc) is 2.59. The SMILES string of the molecule is Nc1ccc(OC(=O)c2ccc(-c3ccc(Cl)c(Cl)c3)cc2)cc1. The van der Waals surface area contributed by atoms with E-state index < -0.39 is 5.97 Å². The lowest BCUT2D eigenvalue weighted by Gasteiger charge is -2.07. The van der Waals surface area contributed by atoms with Crippen molar-refractivity contribution in [2.24, 2.45) is 0 Å². The van der Waals surface area contributed by atoms with Gasteiger partial charge >= 0.3 is 5.97 Å². The lowest BCUT2D eigenvalue weighted by molar-refractivity contribution is 0.0735. The topological polar surface area (TPSA) is 52.3 Å². The zero-order chi connectivity index (χ0) is 17.1. The fourth-order valence-electron chi connectivity index (χ4n) is 2.18. The third kappa shape index (κ3) is 3.70. The van der Waals surface area contributed by atoms with Gasteiger partial charge in [0.1, 0.15) is 5.75 Å². The van der Waals surface area contributed by atoms with E-state index in [4.69, 9.17) is 33.7 Å². The fraction of sp³-hybridized carbons (Fsp3) is 0. The molecule has 5 heteroatoms. The molecule has 0 fully saturated rings. The number of carbonyl (C=O) groups excluding carboxylic acids is 1. The van der Waals surface area contributed by atoms with Crippen LogP contribution in [-0.2, 0) is 0 Å². The van der Waals surface area contributed by atoms with Gasteiger partial charge in [-0.25, -0.2) is 4.79 Å². The molecular weight excluding hydrogens is 345 g/mol. The van der Waals surface area contributed by atoms with Crippen LogP contribution in [0.15, 0.2) is 66.7 Å². The molecule has 0 amide bonds. The zero-order valence-electron chi connectivity index (χ0n) is 12.5. The Morgan fingerprint density at radius 3 is 2.04 bits per heavy atom. The molecule has 0 unspecified atom stereocenters. The summed E-state index contributed by atoms with van der Waals surface area (Å²) in [6.45, 7) is 0. The van der Waals surface area contributed by atoms with Crippen LogP contribution < -0.4 is 10.5 Å². The minimum Gasteiger partial charge on any atom is -0.423 e. The molecule has 24 heavy (non-hydrogen) atoms. The number of anilines is 1. The molecule has 0 radical (unpaired) electrons. The first-order valence-corrected chi connectivity index (χ1v) is 7.92. The minimum absolute atomic E-state index is 0.430. The van der Waals surface area contributed by atoms with Gasteiger partial charge < -0.3 is 10.5 Å². The number of carbonyl (C=O) groups is 1. The Hall–Kier alpha value is -2.49. The quantitative estimate of drug-likeness (QED) is 0.384. The van der Waals surface area contributed by atoms with E-state index in [1.807, 2.05) is 18.2 Å². The van der Waals surface area contributed by atoms with Crippen LogP contribution in [0.25, 0.3) is 11.1 Å². The first-order chi connectivity index (χ1) is 11.5. The molecule has 3 nitrogen and oxygen atoms in total. The highest BCUT2D eigenvalue weighted by molar-refractivity contribution is 6.42. The van der Waals surface area contributed by atoms with Crippen LogP contribution in [0, 0.1) is 0 Å². The largest absolute Gasteiger partial charge is 0.423 e. The first-order valence-electron chi connectivity index (χ1n) is 7.16. The molecule has 120 valence electrons. The van der Waals surface area contributed by atoms with Gasteiger partial charge in [0.15, 0.2) is 0 Å². The van der Waals surface area contributed by atoms with E-state index in [1.165, 1.54) is 0 Å². The summed E-state index contributed by atoms with van der Waals surface area (Å²) in [7, 11) is 0. The molecule has 0 atom stereocenters. The smallest absolute Gasteiger partial charge is 0.343 e. The Balaban J connectivity index is 1.77. The van der Waals surface area contributed by atoms with Crippen LogP contribution >= 0.6 is 23.2 Å².